The third-order valence-corrected chi connectivity index (χ3v) is 6.49. The molecule has 1 heterocycles. The van der Waals surface area contributed by atoms with Crippen LogP contribution in [0.3, 0.4) is 0 Å². The lowest BCUT2D eigenvalue weighted by Gasteiger charge is -2.08. The Labute approximate surface area is 171 Å². The molecule has 1 saturated carbocycles. The van der Waals surface area contributed by atoms with E-state index >= 15 is 0 Å². The first-order chi connectivity index (χ1) is 13.7. The Kier molecular flexibility index (Phi) is 6.24. The van der Waals surface area contributed by atoms with Crippen LogP contribution in [-0.2, 0) is 19.6 Å². The molecule has 2 aromatic rings. The zero-order valence-electron chi connectivity index (χ0n) is 16.9. The van der Waals surface area contributed by atoms with Crippen molar-refractivity contribution in [2.45, 2.75) is 51.0 Å². The Morgan fingerprint density at radius 3 is 2.41 bits per heavy atom. The fourth-order valence-electron chi connectivity index (χ4n) is 3.34. The fourth-order valence-corrected chi connectivity index (χ4v) is 4.37. The molecular formula is C21H26N2O5S. The van der Waals surface area contributed by atoms with E-state index in [1.165, 1.54) is 12.1 Å². The van der Waals surface area contributed by atoms with Crippen LogP contribution in [0.2, 0.25) is 0 Å². The van der Waals surface area contributed by atoms with Gasteiger partial charge in [0.2, 0.25) is 15.8 Å². The van der Waals surface area contributed by atoms with Crippen LogP contribution in [0.1, 0.15) is 52.6 Å². The molecule has 1 fully saturated rings. The van der Waals surface area contributed by atoms with Crippen LogP contribution < -0.4 is 4.72 Å². The number of nitrogens with zero attached hydrogens (tertiary/aromatic N) is 1. The van der Waals surface area contributed by atoms with Gasteiger partial charge in [-0.3, -0.25) is 9.59 Å². The topological polar surface area (TPSA) is 94.5 Å². The van der Waals surface area contributed by atoms with E-state index in [-0.39, 0.29) is 30.3 Å². The van der Waals surface area contributed by atoms with Crippen LogP contribution in [0, 0.1) is 20.8 Å². The first-order valence-corrected chi connectivity index (χ1v) is 11.1. The van der Waals surface area contributed by atoms with E-state index in [9.17, 15) is 18.0 Å². The van der Waals surface area contributed by atoms with Crippen LogP contribution >= 0.6 is 0 Å². The highest BCUT2D eigenvalue weighted by atomic mass is 32.2. The molecule has 0 amide bonds. The van der Waals surface area contributed by atoms with E-state index in [4.69, 9.17) is 4.74 Å². The predicted octanol–water partition coefficient (Wildman–Crippen LogP) is 2.84. The maximum Gasteiger partial charge on any atom is 0.307 e. The SMILES string of the molecule is Cc1ccc(S(=O)(=O)NCCC(=O)OCC(=O)c2cc(C)n(C3CC3)c2C)cc1. The van der Waals surface area contributed by atoms with E-state index in [0.717, 1.165) is 29.8 Å². The van der Waals surface area contributed by atoms with Crippen molar-refractivity contribution >= 4 is 21.8 Å². The predicted molar refractivity (Wildman–Crippen MR) is 108 cm³/mol. The summed E-state index contributed by atoms with van der Waals surface area (Å²) in [6, 6.07) is 8.73. The van der Waals surface area contributed by atoms with Crippen molar-refractivity contribution in [1.29, 1.82) is 0 Å². The second-order valence-corrected chi connectivity index (χ2v) is 9.20. The molecular weight excluding hydrogens is 392 g/mol. The number of nitrogens with one attached hydrogen (secondary N) is 1. The van der Waals surface area contributed by atoms with Crippen LogP contribution in [0.5, 0.6) is 0 Å². The van der Waals surface area contributed by atoms with Gasteiger partial charge < -0.3 is 9.30 Å². The number of hydrogen-bond donors (Lipinski definition) is 1. The Morgan fingerprint density at radius 2 is 1.79 bits per heavy atom. The number of carbonyl (C=O) groups is 2. The number of hydrogen-bond acceptors (Lipinski definition) is 5. The summed E-state index contributed by atoms with van der Waals surface area (Å²) in [5, 5.41) is 0. The number of rotatable bonds is 9. The van der Waals surface area contributed by atoms with Gasteiger partial charge in [-0.2, -0.15) is 0 Å². The molecule has 7 nitrogen and oxygen atoms in total. The zero-order valence-corrected chi connectivity index (χ0v) is 17.7. The number of carbonyl (C=O) groups excluding carboxylic acids is 2. The standard InChI is InChI=1S/C21H26N2O5S/c1-14-4-8-18(9-5-14)29(26,27)22-11-10-21(25)28-13-20(24)19-12-15(2)23(16(19)3)17-6-7-17/h4-5,8-9,12,17,22H,6-7,10-11,13H2,1-3H3. The molecule has 1 aliphatic rings. The van der Waals surface area contributed by atoms with E-state index in [0.29, 0.717) is 11.6 Å². The van der Waals surface area contributed by atoms with Gasteiger partial charge in [0.1, 0.15) is 0 Å². The number of esters is 1. The van der Waals surface area contributed by atoms with Gasteiger partial charge in [-0.05, 0) is 51.8 Å². The lowest BCUT2D eigenvalue weighted by atomic mass is 10.1. The van der Waals surface area contributed by atoms with Crippen LogP contribution in [0.25, 0.3) is 0 Å². The number of aromatic nitrogens is 1. The molecule has 1 N–H and O–H groups in total. The van der Waals surface area contributed by atoms with Gasteiger partial charge in [0.05, 0.1) is 11.3 Å². The number of sulfonamides is 1. The Bertz CT molecular complexity index is 1020. The number of Topliss-reactive ketones (excluding diaryl/α,β-unsaturated/α-hetero) is 1. The summed E-state index contributed by atoms with van der Waals surface area (Å²) in [5.74, 6) is -0.875. The summed E-state index contributed by atoms with van der Waals surface area (Å²) in [4.78, 5) is 24.5. The van der Waals surface area contributed by atoms with Gasteiger partial charge in [-0.1, -0.05) is 17.7 Å². The molecule has 8 heteroatoms. The van der Waals surface area contributed by atoms with Crippen molar-refractivity contribution in [1.82, 2.24) is 9.29 Å². The Balaban J connectivity index is 1.47. The number of ether oxygens (including phenoxy) is 1. The second kappa shape index (κ2) is 8.51. The highest BCUT2D eigenvalue weighted by molar-refractivity contribution is 7.89. The monoisotopic (exact) mass is 418 g/mol. The van der Waals surface area contributed by atoms with Gasteiger partial charge in [-0.25, -0.2) is 13.1 Å². The molecule has 0 atom stereocenters. The highest BCUT2D eigenvalue weighted by Gasteiger charge is 2.28. The Hall–Kier alpha value is -2.45. The van der Waals surface area contributed by atoms with Crippen LogP contribution in [0.4, 0.5) is 0 Å². The molecule has 0 spiro atoms. The minimum absolute atomic E-state index is 0.0978. The molecule has 1 aromatic heterocycles. The summed E-state index contributed by atoms with van der Waals surface area (Å²) in [6.45, 7) is 5.29. The number of ketones is 1. The van der Waals surface area contributed by atoms with Gasteiger partial charge in [-0.15, -0.1) is 0 Å². The molecule has 1 aromatic carbocycles. The number of benzene rings is 1. The highest BCUT2D eigenvalue weighted by Crippen LogP contribution is 2.38. The zero-order chi connectivity index (χ0) is 21.2. The Morgan fingerprint density at radius 1 is 1.14 bits per heavy atom. The summed E-state index contributed by atoms with van der Waals surface area (Å²) in [7, 11) is -3.68. The average Bonchev–Trinajstić information content (AvgIpc) is 3.44. The van der Waals surface area contributed by atoms with Crippen molar-refractivity contribution in [2.24, 2.45) is 0 Å². The van der Waals surface area contributed by atoms with Crippen LogP contribution in [0.15, 0.2) is 35.2 Å². The van der Waals surface area contributed by atoms with E-state index < -0.39 is 16.0 Å². The van der Waals surface area contributed by atoms with Gasteiger partial charge in [0, 0.05) is 29.5 Å². The van der Waals surface area contributed by atoms with Crippen molar-refractivity contribution in [2.75, 3.05) is 13.2 Å². The van der Waals surface area contributed by atoms with Crippen molar-refractivity contribution in [3.8, 4) is 0 Å². The van der Waals surface area contributed by atoms with Gasteiger partial charge in [0.15, 0.2) is 6.61 Å². The summed E-state index contributed by atoms with van der Waals surface area (Å²) >= 11 is 0. The fraction of sp³-hybridized carbons (Fsp3) is 0.429. The molecule has 0 radical (unpaired) electrons. The minimum atomic E-state index is -3.68. The molecule has 3 rings (SSSR count). The molecule has 0 saturated heterocycles. The summed E-state index contributed by atoms with van der Waals surface area (Å²) < 4.78 is 33.9. The molecule has 29 heavy (non-hydrogen) atoms. The normalized spacial score (nSPS) is 14.0. The van der Waals surface area contributed by atoms with Gasteiger partial charge in [0.25, 0.3) is 0 Å². The van der Waals surface area contributed by atoms with Crippen molar-refractivity contribution < 1.29 is 22.7 Å². The van der Waals surface area contributed by atoms with Gasteiger partial charge >= 0.3 is 5.97 Å². The quantitative estimate of drug-likeness (QED) is 0.499. The first kappa shape index (κ1) is 21.3. The molecule has 156 valence electrons. The van der Waals surface area contributed by atoms with Crippen LogP contribution in [-0.4, -0.2) is 37.9 Å². The summed E-state index contributed by atoms with van der Waals surface area (Å²) in [6.07, 6.45) is 2.09. The maximum absolute atomic E-state index is 12.4. The molecule has 1 aliphatic carbocycles. The maximum atomic E-state index is 12.4. The van der Waals surface area contributed by atoms with Crippen molar-refractivity contribution in [3.63, 3.8) is 0 Å². The third kappa shape index (κ3) is 5.13. The average molecular weight is 419 g/mol. The smallest absolute Gasteiger partial charge is 0.307 e. The largest absolute Gasteiger partial charge is 0.457 e. The van der Waals surface area contributed by atoms with E-state index in [2.05, 4.69) is 9.29 Å². The lowest BCUT2D eigenvalue weighted by Crippen LogP contribution is -2.27. The molecule has 0 unspecified atom stereocenters. The first-order valence-electron chi connectivity index (χ1n) is 9.62. The van der Waals surface area contributed by atoms with Crippen molar-refractivity contribution in [3.05, 3.63) is 52.8 Å². The third-order valence-electron chi connectivity index (χ3n) is 5.01. The van der Waals surface area contributed by atoms with E-state index in [1.54, 1.807) is 12.1 Å². The second-order valence-electron chi connectivity index (χ2n) is 7.43. The molecule has 0 aliphatic heterocycles. The minimum Gasteiger partial charge on any atom is -0.457 e. The molecule has 0 bridgehead atoms. The summed E-state index contributed by atoms with van der Waals surface area (Å²) in [5.41, 5.74) is 3.46. The number of aryl methyl sites for hydroxylation is 2. The van der Waals surface area contributed by atoms with E-state index in [1.807, 2.05) is 26.8 Å². The lowest BCUT2D eigenvalue weighted by molar-refractivity contribution is -0.142.